The Bertz CT molecular complexity index is 1100. The third-order valence-electron chi connectivity index (χ3n) is 4.66. The smallest absolute Gasteiger partial charge is 0.332 e. The molecule has 3 heterocycles. The Morgan fingerprint density at radius 3 is 2.62 bits per heavy atom. The van der Waals surface area contributed by atoms with Gasteiger partial charge >= 0.3 is 5.69 Å². The second-order valence-corrected chi connectivity index (χ2v) is 6.15. The second-order valence-electron chi connectivity index (χ2n) is 6.15. The monoisotopic (exact) mass is 359 g/mol. The predicted molar refractivity (Wildman–Crippen MR) is 94.5 cm³/mol. The fourth-order valence-corrected chi connectivity index (χ4v) is 3.32. The van der Waals surface area contributed by atoms with E-state index >= 15 is 0 Å². The number of hydrogen-bond acceptors (Lipinski definition) is 5. The lowest BCUT2D eigenvalue weighted by Gasteiger charge is -2.15. The number of methoxy groups -OCH3 is 1. The molecule has 9 heteroatoms. The number of fused-ring (bicyclic) bond motifs is 3. The van der Waals surface area contributed by atoms with Crippen molar-refractivity contribution in [1.82, 2.24) is 18.7 Å². The molecule has 0 radical (unpaired) electrons. The van der Waals surface area contributed by atoms with Crippen molar-refractivity contribution in [2.24, 2.45) is 7.05 Å². The Balaban J connectivity index is 1.91. The number of benzene rings is 1. The number of hydrogen-bond donors (Lipinski definition) is 0. The highest BCUT2D eigenvalue weighted by Gasteiger charge is 2.28. The molecule has 0 fully saturated rings. The third kappa shape index (κ3) is 2.35. The molecule has 0 spiro atoms. The van der Waals surface area contributed by atoms with E-state index in [2.05, 4.69) is 4.98 Å². The number of halogens is 1. The van der Waals surface area contributed by atoms with Crippen molar-refractivity contribution in [2.75, 3.05) is 25.2 Å². The summed E-state index contributed by atoms with van der Waals surface area (Å²) in [5.41, 5.74) is 0.716. The number of nitrogens with zero attached hydrogens (tertiary/aromatic N) is 5. The van der Waals surface area contributed by atoms with Crippen LogP contribution in [0.25, 0.3) is 11.2 Å². The van der Waals surface area contributed by atoms with Crippen LogP contribution in [0.3, 0.4) is 0 Å². The van der Waals surface area contributed by atoms with Gasteiger partial charge in [0, 0.05) is 32.9 Å². The molecule has 1 aromatic carbocycles. The van der Waals surface area contributed by atoms with Gasteiger partial charge in [-0.1, -0.05) is 0 Å². The van der Waals surface area contributed by atoms with Gasteiger partial charge in [0.05, 0.1) is 13.2 Å². The second kappa shape index (κ2) is 6.10. The highest BCUT2D eigenvalue weighted by molar-refractivity contribution is 5.77. The fourth-order valence-electron chi connectivity index (χ4n) is 3.32. The van der Waals surface area contributed by atoms with Crippen LogP contribution in [-0.2, 0) is 24.9 Å². The Kier molecular flexibility index (Phi) is 3.87. The van der Waals surface area contributed by atoms with Gasteiger partial charge < -0.3 is 14.2 Å². The highest BCUT2D eigenvalue weighted by atomic mass is 19.1. The number of ether oxygens (including phenoxy) is 1. The summed E-state index contributed by atoms with van der Waals surface area (Å²) >= 11 is 0. The van der Waals surface area contributed by atoms with Crippen molar-refractivity contribution in [2.45, 2.75) is 13.1 Å². The zero-order chi connectivity index (χ0) is 18.4. The lowest BCUT2D eigenvalue weighted by molar-refractivity contribution is 0.184. The molecular formula is C17H18FN5O3. The van der Waals surface area contributed by atoms with Crippen LogP contribution in [0.2, 0.25) is 0 Å². The van der Waals surface area contributed by atoms with Crippen molar-refractivity contribution < 1.29 is 9.13 Å². The van der Waals surface area contributed by atoms with E-state index in [0.717, 1.165) is 5.69 Å². The molecule has 0 bridgehead atoms. The molecule has 1 aliphatic rings. The van der Waals surface area contributed by atoms with Crippen molar-refractivity contribution >= 4 is 22.8 Å². The summed E-state index contributed by atoms with van der Waals surface area (Å²) in [5.74, 6) is 0.257. The average Bonchev–Trinajstić information content (AvgIpc) is 3.20. The molecule has 3 aromatic rings. The summed E-state index contributed by atoms with van der Waals surface area (Å²) in [5, 5.41) is 0. The van der Waals surface area contributed by atoms with Gasteiger partial charge in [-0.25, -0.2) is 9.18 Å². The Labute approximate surface area is 147 Å². The first-order valence-electron chi connectivity index (χ1n) is 8.25. The van der Waals surface area contributed by atoms with Gasteiger partial charge in [0.2, 0.25) is 5.95 Å². The van der Waals surface area contributed by atoms with Gasteiger partial charge in [-0.15, -0.1) is 0 Å². The molecule has 0 saturated heterocycles. The van der Waals surface area contributed by atoms with Crippen LogP contribution in [0.5, 0.6) is 0 Å². The number of imidazole rings is 1. The molecule has 2 aromatic heterocycles. The van der Waals surface area contributed by atoms with Gasteiger partial charge in [-0.3, -0.25) is 13.9 Å². The van der Waals surface area contributed by atoms with E-state index in [-0.39, 0.29) is 24.5 Å². The van der Waals surface area contributed by atoms with Gasteiger partial charge in [0.1, 0.15) is 5.82 Å². The van der Waals surface area contributed by atoms with Crippen LogP contribution < -0.4 is 16.1 Å². The number of rotatable bonds is 4. The van der Waals surface area contributed by atoms with Crippen LogP contribution in [0.4, 0.5) is 16.0 Å². The number of aromatic nitrogens is 4. The van der Waals surface area contributed by atoms with E-state index in [9.17, 15) is 14.0 Å². The van der Waals surface area contributed by atoms with Gasteiger partial charge in [-0.05, 0) is 24.3 Å². The molecule has 0 amide bonds. The van der Waals surface area contributed by atoms with E-state index in [4.69, 9.17) is 4.74 Å². The molecular weight excluding hydrogens is 341 g/mol. The Morgan fingerprint density at radius 1 is 1.19 bits per heavy atom. The zero-order valence-electron chi connectivity index (χ0n) is 14.5. The molecule has 4 rings (SSSR count). The summed E-state index contributed by atoms with van der Waals surface area (Å²) in [4.78, 5) is 31.8. The summed E-state index contributed by atoms with van der Waals surface area (Å²) in [6.07, 6.45) is 0. The van der Waals surface area contributed by atoms with E-state index in [0.29, 0.717) is 30.2 Å². The van der Waals surface area contributed by atoms with Crippen molar-refractivity contribution in [3.63, 3.8) is 0 Å². The summed E-state index contributed by atoms with van der Waals surface area (Å²) in [7, 11) is 3.11. The van der Waals surface area contributed by atoms with Crippen LogP contribution in [-0.4, -0.2) is 38.9 Å². The normalized spacial score (nSPS) is 13.6. The SMILES string of the molecule is COCCn1c(=O)c2c(nc3n2CCN3c2ccc(F)cc2)n(C)c1=O. The molecule has 0 atom stereocenters. The highest BCUT2D eigenvalue weighted by Crippen LogP contribution is 2.31. The average molecular weight is 359 g/mol. The minimum Gasteiger partial charge on any atom is -0.383 e. The summed E-state index contributed by atoms with van der Waals surface area (Å²) in [6.45, 7) is 1.62. The maximum absolute atomic E-state index is 13.2. The minimum absolute atomic E-state index is 0.181. The van der Waals surface area contributed by atoms with Gasteiger partial charge in [0.25, 0.3) is 5.56 Å². The first-order valence-corrected chi connectivity index (χ1v) is 8.25. The van der Waals surface area contributed by atoms with Crippen molar-refractivity contribution in [1.29, 1.82) is 0 Å². The fraction of sp³-hybridized carbons (Fsp3) is 0.353. The van der Waals surface area contributed by atoms with Crippen molar-refractivity contribution in [3.8, 4) is 0 Å². The summed E-state index contributed by atoms with van der Waals surface area (Å²) < 4.78 is 22.6. The first-order chi connectivity index (χ1) is 12.5. The molecule has 0 aliphatic carbocycles. The molecule has 136 valence electrons. The van der Waals surface area contributed by atoms with E-state index in [1.54, 1.807) is 19.2 Å². The Hall–Kier alpha value is -2.94. The van der Waals surface area contributed by atoms with E-state index < -0.39 is 5.69 Å². The molecule has 1 aliphatic heterocycles. The van der Waals surface area contributed by atoms with Crippen LogP contribution in [0.15, 0.2) is 33.9 Å². The largest absolute Gasteiger partial charge is 0.383 e. The first kappa shape index (κ1) is 16.5. The molecule has 0 unspecified atom stereocenters. The van der Waals surface area contributed by atoms with Crippen molar-refractivity contribution in [3.05, 3.63) is 50.9 Å². The molecule has 8 nitrogen and oxygen atoms in total. The predicted octanol–water partition coefficient (Wildman–Crippen LogP) is 0.834. The topological polar surface area (TPSA) is 74.3 Å². The molecule has 0 N–H and O–H groups in total. The maximum Gasteiger partial charge on any atom is 0.332 e. The lowest BCUT2D eigenvalue weighted by Crippen LogP contribution is -2.40. The van der Waals surface area contributed by atoms with Crippen LogP contribution >= 0.6 is 0 Å². The number of anilines is 2. The maximum atomic E-state index is 13.2. The van der Waals surface area contributed by atoms with Crippen LogP contribution in [0, 0.1) is 5.82 Å². The van der Waals surface area contributed by atoms with Gasteiger partial charge in [0.15, 0.2) is 11.2 Å². The molecule has 26 heavy (non-hydrogen) atoms. The van der Waals surface area contributed by atoms with Crippen LogP contribution in [0.1, 0.15) is 0 Å². The van der Waals surface area contributed by atoms with E-state index in [1.165, 1.54) is 28.4 Å². The van der Waals surface area contributed by atoms with Gasteiger partial charge in [-0.2, -0.15) is 4.98 Å². The summed E-state index contributed by atoms with van der Waals surface area (Å²) in [6, 6.07) is 6.10. The van der Waals surface area contributed by atoms with E-state index in [1.807, 2.05) is 9.47 Å². The Morgan fingerprint density at radius 2 is 1.92 bits per heavy atom. The number of aryl methyl sites for hydroxylation is 1. The lowest BCUT2D eigenvalue weighted by atomic mass is 10.3. The quantitative estimate of drug-likeness (QED) is 0.690. The minimum atomic E-state index is -0.426. The molecule has 0 saturated carbocycles. The zero-order valence-corrected chi connectivity index (χ0v) is 14.5. The third-order valence-corrected chi connectivity index (χ3v) is 4.66. The standard InChI is InChI=1S/C17H18FN5O3/c1-20-14-13(15(24)23(17(20)25)9-10-26-2)22-8-7-21(16(22)19-14)12-5-3-11(18)4-6-12/h3-6H,7-10H2,1-2H3.